The lowest BCUT2D eigenvalue weighted by Gasteiger charge is -2.06. The monoisotopic (exact) mass is 352 g/mol. The Morgan fingerprint density at radius 2 is 1.52 bits per heavy atom. The van der Waals surface area contributed by atoms with Gasteiger partial charge in [0.05, 0.1) is 0 Å². The van der Waals surface area contributed by atoms with E-state index in [1.165, 1.54) is 21.4 Å². The molecule has 0 aliphatic heterocycles. The van der Waals surface area contributed by atoms with E-state index >= 15 is 0 Å². The van der Waals surface area contributed by atoms with Crippen LogP contribution in [0.2, 0.25) is 0 Å². The van der Waals surface area contributed by atoms with Crippen molar-refractivity contribution < 1.29 is 10.1 Å². The average molecular weight is 352 g/mol. The van der Waals surface area contributed by atoms with E-state index in [-0.39, 0.29) is 5.78 Å². The van der Waals surface area contributed by atoms with Crippen LogP contribution >= 0.6 is 0 Å². The maximum Gasteiger partial charge on any atom is 0.217 e. The van der Waals surface area contributed by atoms with Gasteiger partial charge in [0.2, 0.25) is 5.78 Å². The van der Waals surface area contributed by atoms with Crippen LogP contribution in [-0.4, -0.2) is 12.3 Å². The van der Waals surface area contributed by atoms with Crippen LogP contribution in [0.1, 0.15) is 17.3 Å². The number of ketones is 1. The second-order valence-electron chi connectivity index (χ2n) is 6.67. The summed E-state index contributed by atoms with van der Waals surface area (Å²) in [5, 5.41) is 9.01. The van der Waals surface area contributed by atoms with Crippen molar-refractivity contribution in [3.63, 3.8) is 0 Å². The summed E-state index contributed by atoms with van der Waals surface area (Å²) in [6, 6.07) is 26.8. The summed E-state index contributed by atoms with van der Waals surface area (Å²) in [7, 11) is 0. The maximum absolute atomic E-state index is 12.6. The molecule has 0 fully saturated rings. The zero-order valence-electron chi connectivity index (χ0n) is 15.4. The highest BCUT2D eigenvalue weighted by Crippen LogP contribution is 2.26. The molecule has 4 aromatic carbocycles. The average Bonchev–Trinajstić information content (AvgIpc) is 2.73. The van der Waals surface area contributed by atoms with Gasteiger partial charge in [-0.05, 0) is 45.8 Å². The van der Waals surface area contributed by atoms with Gasteiger partial charge in [0.1, 0.15) is 12.7 Å². The van der Waals surface area contributed by atoms with Gasteiger partial charge in [-0.1, -0.05) is 72.8 Å². The third kappa shape index (κ3) is 3.53. The third-order valence-electron chi connectivity index (χ3n) is 4.97. The molecule has 0 amide bonds. The van der Waals surface area contributed by atoms with Crippen molar-refractivity contribution in [3.05, 3.63) is 94.9 Å². The first-order chi connectivity index (χ1) is 13.3. The fourth-order valence-electron chi connectivity index (χ4n) is 3.52. The number of fused-ring (bicyclic) bond motifs is 3. The molecule has 4 rings (SSSR count). The molecule has 0 unspecified atom stereocenters. The number of carbonyl (C=O) groups is 1. The van der Waals surface area contributed by atoms with Crippen LogP contribution in [0.25, 0.3) is 33.8 Å². The number of rotatable bonds is 4. The minimum Gasteiger partial charge on any atom is -0.313 e. The molecule has 0 spiro atoms. The molecule has 2 heteroatoms. The largest absolute Gasteiger partial charge is 0.313 e. The molecule has 0 saturated carbocycles. The van der Waals surface area contributed by atoms with E-state index in [0.29, 0.717) is 6.54 Å². The predicted molar refractivity (Wildman–Crippen MR) is 113 cm³/mol. The van der Waals surface area contributed by atoms with Crippen molar-refractivity contribution in [2.75, 3.05) is 6.54 Å². The van der Waals surface area contributed by atoms with Gasteiger partial charge in [0, 0.05) is 10.8 Å². The van der Waals surface area contributed by atoms with Crippen LogP contribution in [0.5, 0.6) is 0 Å². The molecule has 0 aliphatic rings. The number of nitrogens with two attached hydrogens (primary N) is 1. The van der Waals surface area contributed by atoms with Crippen molar-refractivity contribution in [1.82, 2.24) is 0 Å². The molecule has 2 N–H and O–H groups in total. The summed E-state index contributed by atoms with van der Waals surface area (Å²) in [5.74, 6) is 0.138. The van der Waals surface area contributed by atoms with Crippen molar-refractivity contribution in [2.24, 2.45) is 0 Å². The Morgan fingerprint density at radius 1 is 0.815 bits per heavy atom. The van der Waals surface area contributed by atoms with Crippen LogP contribution in [0.15, 0.2) is 78.9 Å². The number of carbonyl (C=O) groups excluding carboxylic acids is 1. The Labute approximate surface area is 158 Å². The SMILES string of the molecule is C/C=c1/cccc/c1=C/[NH2+]CC(=O)c1ccc2c(ccc3ccccc32)c1. The van der Waals surface area contributed by atoms with Crippen molar-refractivity contribution in [2.45, 2.75) is 6.92 Å². The Morgan fingerprint density at radius 3 is 2.37 bits per heavy atom. The molecule has 0 saturated heterocycles. The molecular weight excluding hydrogens is 330 g/mol. The summed E-state index contributed by atoms with van der Waals surface area (Å²) in [4.78, 5) is 12.6. The van der Waals surface area contributed by atoms with Crippen LogP contribution in [0.4, 0.5) is 0 Å². The number of hydrogen-bond acceptors (Lipinski definition) is 1. The quantitative estimate of drug-likeness (QED) is 0.445. The molecule has 0 aromatic heterocycles. The van der Waals surface area contributed by atoms with Gasteiger partial charge in [-0.2, -0.15) is 0 Å². The first-order valence-corrected chi connectivity index (χ1v) is 9.26. The van der Waals surface area contributed by atoms with Gasteiger partial charge in [-0.3, -0.25) is 4.79 Å². The molecule has 0 atom stereocenters. The first kappa shape index (κ1) is 17.2. The lowest BCUT2D eigenvalue weighted by atomic mass is 9.99. The molecule has 27 heavy (non-hydrogen) atoms. The number of quaternary nitrogens is 1. The smallest absolute Gasteiger partial charge is 0.217 e. The molecule has 2 nitrogen and oxygen atoms in total. The zero-order chi connectivity index (χ0) is 18.6. The second kappa shape index (κ2) is 7.56. The lowest BCUT2D eigenvalue weighted by Crippen LogP contribution is -2.80. The van der Waals surface area contributed by atoms with Crippen LogP contribution in [0, 0.1) is 0 Å². The van der Waals surface area contributed by atoms with E-state index in [0.717, 1.165) is 16.2 Å². The Balaban J connectivity index is 1.59. The summed E-state index contributed by atoms with van der Waals surface area (Å²) in [6.07, 6.45) is 4.11. The molecule has 132 valence electrons. The summed E-state index contributed by atoms with van der Waals surface area (Å²) in [6.45, 7) is 2.42. The Kier molecular flexibility index (Phi) is 4.82. The van der Waals surface area contributed by atoms with Gasteiger partial charge in [0.15, 0.2) is 0 Å². The fraction of sp³-hybridized carbons (Fsp3) is 0.0800. The number of Topliss-reactive ketones (excluding diaryl/α,β-unsaturated/α-hetero) is 1. The van der Waals surface area contributed by atoms with E-state index in [1.807, 2.05) is 48.8 Å². The minimum atomic E-state index is 0.138. The molecule has 0 heterocycles. The molecule has 0 aliphatic carbocycles. The van der Waals surface area contributed by atoms with Gasteiger partial charge in [-0.15, -0.1) is 0 Å². The highest BCUT2D eigenvalue weighted by atomic mass is 16.1. The zero-order valence-corrected chi connectivity index (χ0v) is 15.4. The van der Waals surface area contributed by atoms with Crippen molar-refractivity contribution in [3.8, 4) is 0 Å². The first-order valence-electron chi connectivity index (χ1n) is 9.26. The predicted octanol–water partition coefficient (Wildman–Crippen LogP) is 2.98. The van der Waals surface area contributed by atoms with E-state index < -0.39 is 0 Å². The van der Waals surface area contributed by atoms with E-state index in [4.69, 9.17) is 0 Å². The van der Waals surface area contributed by atoms with Crippen LogP contribution in [0.3, 0.4) is 0 Å². The molecule has 4 aromatic rings. The highest BCUT2D eigenvalue weighted by molar-refractivity contribution is 6.09. The summed E-state index contributed by atoms with van der Waals surface area (Å²) >= 11 is 0. The van der Waals surface area contributed by atoms with E-state index in [9.17, 15) is 4.79 Å². The van der Waals surface area contributed by atoms with Crippen LogP contribution < -0.4 is 15.8 Å². The number of benzene rings is 4. The third-order valence-corrected chi connectivity index (χ3v) is 4.97. The standard InChI is InChI=1S/C25H21NO/c1-2-18-7-3-4-9-22(18)16-26-17-25(27)21-13-14-24-20(15-21)12-11-19-8-5-6-10-23(19)24/h2-16,26H,17H2,1H3/p+1/b18-2-,22-16-. The van der Waals surface area contributed by atoms with Crippen molar-refractivity contribution in [1.29, 1.82) is 0 Å². The van der Waals surface area contributed by atoms with Gasteiger partial charge in [-0.25, -0.2) is 0 Å². The lowest BCUT2D eigenvalue weighted by molar-refractivity contribution is -0.538. The second-order valence-corrected chi connectivity index (χ2v) is 6.67. The summed E-state index contributed by atoms with van der Waals surface area (Å²) in [5.41, 5.74) is 0.762. The number of hydrogen-bond donors (Lipinski definition) is 1. The van der Waals surface area contributed by atoms with Crippen molar-refractivity contribution >= 4 is 39.6 Å². The molecular formula is C25H22NO+. The van der Waals surface area contributed by atoms with Crippen LogP contribution in [-0.2, 0) is 0 Å². The maximum atomic E-state index is 12.6. The van der Waals surface area contributed by atoms with Gasteiger partial charge in [0.25, 0.3) is 0 Å². The van der Waals surface area contributed by atoms with E-state index in [1.54, 1.807) is 0 Å². The Hall–Kier alpha value is -3.23. The highest BCUT2D eigenvalue weighted by Gasteiger charge is 2.09. The van der Waals surface area contributed by atoms with Gasteiger partial charge < -0.3 is 5.32 Å². The molecule has 0 bridgehead atoms. The van der Waals surface area contributed by atoms with E-state index in [2.05, 4.69) is 54.6 Å². The normalized spacial score (nSPS) is 12.8. The summed E-state index contributed by atoms with van der Waals surface area (Å²) < 4.78 is 0. The Bertz CT molecular complexity index is 1250. The fourth-order valence-corrected chi connectivity index (χ4v) is 3.52. The molecule has 0 radical (unpaired) electrons. The topological polar surface area (TPSA) is 33.7 Å². The van der Waals surface area contributed by atoms with Gasteiger partial charge >= 0.3 is 0 Å². The minimum absolute atomic E-state index is 0.138.